The summed E-state index contributed by atoms with van der Waals surface area (Å²) in [7, 11) is 0. The van der Waals surface area contributed by atoms with Crippen LogP contribution in [0, 0.1) is 5.92 Å². The molecule has 34 heavy (non-hydrogen) atoms. The van der Waals surface area contributed by atoms with Gasteiger partial charge in [0.25, 0.3) is 0 Å². The van der Waals surface area contributed by atoms with E-state index in [1.54, 1.807) is 24.3 Å². The molecule has 7 heteroatoms. The molecular formula is C27H26F3NO3. The van der Waals surface area contributed by atoms with Crippen LogP contribution in [-0.4, -0.2) is 36.9 Å². The van der Waals surface area contributed by atoms with Crippen LogP contribution in [-0.2, 0) is 6.18 Å². The number of hydrogen-bond donors (Lipinski definition) is 0. The molecule has 1 saturated heterocycles. The molecule has 0 aliphatic carbocycles. The molecule has 1 aliphatic rings. The van der Waals surface area contributed by atoms with Gasteiger partial charge in [-0.25, -0.2) is 0 Å². The molecule has 0 unspecified atom stereocenters. The first-order valence-corrected chi connectivity index (χ1v) is 11.3. The van der Waals surface area contributed by atoms with E-state index in [0.717, 1.165) is 50.2 Å². The Kier molecular flexibility index (Phi) is 7.53. The molecule has 0 saturated carbocycles. The maximum absolute atomic E-state index is 12.7. The van der Waals surface area contributed by atoms with Crippen LogP contribution in [0.1, 0.15) is 28.8 Å². The Labute approximate surface area is 196 Å². The van der Waals surface area contributed by atoms with Crippen LogP contribution in [0.2, 0.25) is 0 Å². The molecule has 178 valence electrons. The number of nitrogens with zero attached hydrogens (tertiary/aromatic N) is 1. The molecule has 1 fully saturated rings. The molecule has 3 aromatic rings. The van der Waals surface area contributed by atoms with Crippen LogP contribution < -0.4 is 9.47 Å². The van der Waals surface area contributed by atoms with E-state index in [1.165, 1.54) is 12.1 Å². The Morgan fingerprint density at radius 1 is 0.824 bits per heavy atom. The average molecular weight is 470 g/mol. The van der Waals surface area contributed by atoms with Gasteiger partial charge in [0.05, 0.1) is 5.56 Å². The average Bonchev–Trinajstić information content (AvgIpc) is 2.85. The van der Waals surface area contributed by atoms with Gasteiger partial charge >= 0.3 is 6.18 Å². The molecule has 1 aliphatic heterocycles. The second kappa shape index (κ2) is 10.7. The second-order valence-electron chi connectivity index (χ2n) is 8.29. The normalized spacial score (nSPS) is 15.1. The standard InChI is InChI=1S/C27H26F3NO3/c28-27(29,30)22-6-8-24(9-7-22)34-25-12-10-23(11-13-25)33-19-18-31-16-14-21(15-17-31)26(32)20-4-2-1-3-5-20/h1-13,21H,14-19H2. The number of Topliss-reactive ketones (excluding diaryl/α,β-unsaturated/α-hetero) is 1. The summed E-state index contributed by atoms with van der Waals surface area (Å²) in [5.41, 5.74) is 0.0747. The van der Waals surface area contributed by atoms with E-state index in [2.05, 4.69) is 4.90 Å². The zero-order valence-electron chi connectivity index (χ0n) is 18.6. The number of carbonyl (C=O) groups excluding carboxylic acids is 1. The third-order valence-corrected chi connectivity index (χ3v) is 5.93. The minimum Gasteiger partial charge on any atom is -0.492 e. The van der Waals surface area contributed by atoms with Gasteiger partial charge < -0.3 is 9.47 Å². The number of alkyl halides is 3. The molecule has 1 heterocycles. The van der Waals surface area contributed by atoms with Crippen molar-refractivity contribution in [2.45, 2.75) is 19.0 Å². The first kappa shape index (κ1) is 23.8. The quantitative estimate of drug-likeness (QED) is 0.355. The fraction of sp³-hybridized carbons (Fsp3) is 0.296. The Morgan fingerprint density at radius 2 is 1.38 bits per heavy atom. The van der Waals surface area contributed by atoms with Crippen molar-refractivity contribution in [2.24, 2.45) is 5.92 Å². The third-order valence-electron chi connectivity index (χ3n) is 5.93. The maximum atomic E-state index is 12.7. The number of ketones is 1. The first-order valence-electron chi connectivity index (χ1n) is 11.3. The van der Waals surface area contributed by atoms with Crippen LogP contribution in [0.4, 0.5) is 13.2 Å². The Morgan fingerprint density at radius 3 is 1.97 bits per heavy atom. The van der Waals surface area contributed by atoms with Crippen molar-refractivity contribution in [1.29, 1.82) is 0 Å². The highest BCUT2D eigenvalue weighted by Gasteiger charge is 2.30. The lowest BCUT2D eigenvalue weighted by Crippen LogP contribution is -2.38. The highest BCUT2D eigenvalue weighted by atomic mass is 19.4. The Balaban J connectivity index is 1.18. The van der Waals surface area contributed by atoms with Crippen LogP contribution >= 0.6 is 0 Å². The third kappa shape index (κ3) is 6.38. The summed E-state index contributed by atoms with van der Waals surface area (Å²) in [5.74, 6) is 1.84. The lowest BCUT2D eigenvalue weighted by molar-refractivity contribution is -0.137. The molecule has 4 nitrogen and oxygen atoms in total. The SMILES string of the molecule is O=C(c1ccccc1)C1CCN(CCOc2ccc(Oc3ccc(C(F)(F)F)cc3)cc2)CC1. The first-order chi connectivity index (χ1) is 16.4. The lowest BCUT2D eigenvalue weighted by Gasteiger charge is -2.31. The van der Waals surface area contributed by atoms with E-state index >= 15 is 0 Å². The summed E-state index contributed by atoms with van der Waals surface area (Å²) in [6.07, 6.45) is -2.67. The number of likely N-dealkylation sites (tertiary alicyclic amines) is 1. The summed E-state index contributed by atoms with van der Waals surface area (Å²) in [4.78, 5) is 14.9. The zero-order valence-corrected chi connectivity index (χ0v) is 18.6. The molecule has 0 N–H and O–H groups in total. The van der Waals surface area contributed by atoms with Crippen molar-refractivity contribution < 1.29 is 27.4 Å². The fourth-order valence-corrected chi connectivity index (χ4v) is 4.00. The highest BCUT2D eigenvalue weighted by Crippen LogP contribution is 2.31. The van der Waals surface area contributed by atoms with E-state index < -0.39 is 11.7 Å². The lowest BCUT2D eigenvalue weighted by atomic mass is 9.89. The van der Waals surface area contributed by atoms with E-state index in [-0.39, 0.29) is 11.7 Å². The molecular weight excluding hydrogens is 443 g/mol. The fourth-order valence-electron chi connectivity index (χ4n) is 4.00. The summed E-state index contributed by atoms with van der Waals surface area (Å²) >= 11 is 0. The van der Waals surface area contributed by atoms with Crippen molar-refractivity contribution in [3.63, 3.8) is 0 Å². The topological polar surface area (TPSA) is 38.8 Å². The summed E-state index contributed by atoms with van der Waals surface area (Å²) in [6.45, 7) is 3.03. The second-order valence-corrected chi connectivity index (χ2v) is 8.29. The van der Waals surface area contributed by atoms with Gasteiger partial charge in [0.1, 0.15) is 23.9 Å². The van der Waals surface area contributed by atoms with Crippen LogP contribution in [0.25, 0.3) is 0 Å². The molecule has 4 rings (SSSR count). The van der Waals surface area contributed by atoms with Gasteiger partial charge in [-0.2, -0.15) is 13.2 Å². The van der Waals surface area contributed by atoms with E-state index in [9.17, 15) is 18.0 Å². The monoisotopic (exact) mass is 469 g/mol. The molecule has 0 bridgehead atoms. The molecule has 0 aromatic heterocycles. The minimum atomic E-state index is -4.37. The molecule has 0 spiro atoms. The van der Waals surface area contributed by atoms with Crippen molar-refractivity contribution >= 4 is 5.78 Å². The largest absolute Gasteiger partial charge is 0.492 e. The molecule has 3 aromatic carbocycles. The van der Waals surface area contributed by atoms with E-state index in [1.807, 2.05) is 30.3 Å². The Hall–Kier alpha value is -3.32. The summed E-state index contributed by atoms with van der Waals surface area (Å²) in [6, 6.07) is 21.0. The molecule has 0 radical (unpaired) electrons. The van der Waals surface area contributed by atoms with Gasteiger partial charge in [-0.1, -0.05) is 30.3 Å². The smallest absolute Gasteiger partial charge is 0.416 e. The highest BCUT2D eigenvalue weighted by molar-refractivity contribution is 5.97. The van der Waals surface area contributed by atoms with Crippen LogP contribution in [0.15, 0.2) is 78.9 Å². The number of rotatable bonds is 8. The van der Waals surface area contributed by atoms with Crippen molar-refractivity contribution in [3.8, 4) is 17.2 Å². The maximum Gasteiger partial charge on any atom is 0.416 e. The number of carbonyl (C=O) groups is 1. The van der Waals surface area contributed by atoms with Crippen LogP contribution in [0.5, 0.6) is 17.2 Å². The number of benzene rings is 3. The van der Waals surface area contributed by atoms with Crippen LogP contribution in [0.3, 0.4) is 0 Å². The predicted molar refractivity (Wildman–Crippen MR) is 123 cm³/mol. The van der Waals surface area contributed by atoms with Gasteiger partial charge in [0, 0.05) is 18.0 Å². The number of ether oxygens (including phenoxy) is 2. The van der Waals surface area contributed by atoms with Gasteiger partial charge in [-0.15, -0.1) is 0 Å². The van der Waals surface area contributed by atoms with Gasteiger partial charge in [-0.05, 0) is 74.5 Å². The van der Waals surface area contributed by atoms with Gasteiger partial charge in [0.15, 0.2) is 5.78 Å². The van der Waals surface area contributed by atoms with Gasteiger partial charge in [0.2, 0.25) is 0 Å². The van der Waals surface area contributed by atoms with Crippen molar-refractivity contribution in [2.75, 3.05) is 26.2 Å². The van der Waals surface area contributed by atoms with Gasteiger partial charge in [-0.3, -0.25) is 9.69 Å². The number of piperidine rings is 1. The summed E-state index contributed by atoms with van der Waals surface area (Å²) in [5, 5.41) is 0. The van der Waals surface area contributed by atoms with Crippen molar-refractivity contribution in [1.82, 2.24) is 4.90 Å². The van der Waals surface area contributed by atoms with E-state index in [4.69, 9.17) is 9.47 Å². The van der Waals surface area contributed by atoms with Crippen molar-refractivity contribution in [3.05, 3.63) is 90.0 Å². The number of hydrogen-bond acceptors (Lipinski definition) is 4. The summed E-state index contributed by atoms with van der Waals surface area (Å²) < 4.78 is 49.4. The number of halogens is 3. The minimum absolute atomic E-state index is 0.0804. The Bertz CT molecular complexity index is 1060. The van der Waals surface area contributed by atoms with E-state index in [0.29, 0.717) is 23.9 Å². The zero-order chi connectivity index (χ0) is 24.0. The molecule has 0 amide bonds. The molecule has 0 atom stereocenters. The predicted octanol–water partition coefficient (Wildman–Crippen LogP) is 6.47.